The Labute approximate surface area is 220 Å². The molecule has 2 atom stereocenters. The Bertz CT molecular complexity index is 718. The quantitative estimate of drug-likeness (QED) is 0.0594. The largest absolute Gasteiger partial charge is 0.483 e. The van der Waals surface area contributed by atoms with Crippen molar-refractivity contribution in [3.63, 3.8) is 0 Å². The van der Waals surface area contributed by atoms with Crippen LogP contribution in [0, 0.1) is 0 Å². The summed E-state index contributed by atoms with van der Waals surface area (Å²) in [5, 5.41) is 0. The minimum absolute atomic E-state index is 0.0285. The van der Waals surface area contributed by atoms with Crippen molar-refractivity contribution in [1.29, 1.82) is 0 Å². The summed E-state index contributed by atoms with van der Waals surface area (Å²) in [7, 11) is -9.47. The third-order valence-electron chi connectivity index (χ3n) is 5.18. The van der Waals surface area contributed by atoms with Crippen LogP contribution in [-0.4, -0.2) is 47.1 Å². The van der Waals surface area contributed by atoms with Crippen LogP contribution in [0.1, 0.15) is 90.9 Å². The maximum atomic E-state index is 12.6. The molecule has 0 fully saturated rings. The van der Waals surface area contributed by atoms with Crippen LogP contribution in [0.3, 0.4) is 0 Å². The van der Waals surface area contributed by atoms with Crippen molar-refractivity contribution in [2.75, 3.05) is 13.2 Å². The lowest BCUT2D eigenvalue weighted by molar-refractivity contribution is -0.143. The van der Waals surface area contributed by atoms with Gasteiger partial charge in [-0.15, -0.1) is 0 Å². The molecule has 0 saturated heterocycles. The highest BCUT2D eigenvalue weighted by Crippen LogP contribution is 2.61. The van der Waals surface area contributed by atoms with Crippen LogP contribution in [0.2, 0.25) is 0 Å². The van der Waals surface area contributed by atoms with Gasteiger partial charge in [-0.1, -0.05) is 51.7 Å². The predicted octanol–water partition coefficient (Wildman–Crippen LogP) is 6.15. The van der Waals surface area contributed by atoms with Gasteiger partial charge in [-0.2, -0.15) is 4.31 Å². The summed E-state index contributed by atoms with van der Waals surface area (Å²) in [6, 6.07) is 0. The molecule has 0 spiro atoms. The van der Waals surface area contributed by atoms with E-state index in [1.807, 2.05) is 13.8 Å². The van der Waals surface area contributed by atoms with Crippen molar-refractivity contribution in [2.45, 2.75) is 103 Å². The minimum Gasteiger partial charge on any atom is -0.460 e. The summed E-state index contributed by atoms with van der Waals surface area (Å²) in [6.07, 6.45) is 11.2. The minimum atomic E-state index is -5.07. The number of hydrogen-bond donors (Lipinski definition) is 2. The molecule has 0 heterocycles. The van der Waals surface area contributed by atoms with Crippen LogP contribution < -0.4 is 0 Å². The van der Waals surface area contributed by atoms with Gasteiger partial charge in [0.25, 0.3) is 0 Å². The zero-order chi connectivity index (χ0) is 28.2. The molecule has 0 aliphatic carbocycles. The van der Waals surface area contributed by atoms with Gasteiger partial charge in [0.15, 0.2) is 0 Å². The monoisotopic (exact) mass is 570 g/mol. The van der Waals surface area contributed by atoms with Crippen LogP contribution in [-0.2, 0) is 41.6 Å². The number of hydrogen-bond acceptors (Lipinski definition) is 9. The topological polar surface area (TPSA) is 155 Å². The first-order valence-corrected chi connectivity index (χ1v) is 15.7. The maximum absolute atomic E-state index is 12.6. The summed E-state index contributed by atoms with van der Waals surface area (Å²) in [5.74, 6) is -0.881. The van der Waals surface area contributed by atoms with E-state index in [1.54, 1.807) is 0 Å². The molecule has 13 heteroatoms. The van der Waals surface area contributed by atoms with Gasteiger partial charge in [0.2, 0.25) is 0 Å². The van der Waals surface area contributed by atoms with E-state index in [-0.39, 0.29) is 25.4 Å². The van der Waals surface area contributed by atoms with Gasteiger partial charge in [0.05, 0.1) is 25.4 Å². The Morgan fingerprint density at radius 2 is 1.05 bits per heavy atom. The molecule has 0 aromatic heterocycles. The van der Waals surface area contributed by atoms with Crippen LogP contribution >= 0.6 is 15.6 Å². The number of unbranched alkanes of at least 4 members (excludes halogenated alkanes) is 8. The van der Waals surface area contributed by atoms with Gasteiger partial charge in [0, 0.05) is 12.2 Å². The van der Waals surface area contributed by atoms with Gasteiger partial charge < -0.3 is 19.3 Å². The third kappa shape index (κ3) is 22.4. The van der Waals surface area contributed by atoms with E-state index < -0.39 is 27.6 Å². The van der Waals surface area contributed by atoms with Crippen LogP contribution in [0.5, 0.6) is 0 Å². The molecule has 37 heavy (non-hydrogen) atoms. The lowest BCUT2D eigenvalue weighted by atomic mass is 10.1. The Balaban J connectivity index is 4.08. The fraction of sp³-hybridized carbons (Fsp3) is 0.750. The molecule has 0 bridgehead atoms. The van der Waals surface area contributed by atoms with Crippen LogP contribution in [0.25, 0.3) is 0 Å². The van der Waals surface area contributed by atoms with Crippen molar-refractivity contribution in [1.82, 2.24) is 0 Å². The van der Waals surface area contributed by atoms with Crippen molar-refractivity contribution >= 4 is 27.6 Å². The molecule has 0 aliphatic rings. The van der Waals surface area contributed by atoms with E-state index in [9.17, 15) is 18.7 Å². The fourth-order valence-electron chi connectivity index (χ4n) is 3.31. The van der Waals surface area contributed by atoms with Gasteiger partial charge in [-0.05, 0) is 52.4 Å². The summed E-state index contributed by atoms with van der Waals surface area (Å²) >= 11 is 0. The Hall–Kier alpha value is -1.32. The van der Waals surface area contributed by atoms with Gasteiger partial charge in [-0.3, -0.25) is 9.05 Å². The second-order valence-electron chi connectivity index (χ2n) is 8.70. The maximum Gasteiger partial charge on any atom is 0.483 e. The van der Waals surface area contributed by atoms with E-state index in [0.29, 0.717) is 12.8 Å². The number of rotatable bonds is 24. The summed E-state index contributed by atoms with van der Waals surface area (Å²) in [5.41, 5.74) is 0. The molecular weight excluding hydrogens is 526 g/mol. The smallest absolute Gasteiger partial charge is 0.460 e. The molecule has 0 amide bonds. The molecular formula is C24H44O11P2. The summed E-state index contributed by atoms with van der Waals surface area (Å²) in [4.78, 5) is 40.4. The highest BCUT2D eigenvalue weighted by atomic mass is 31.3. The summed E-state index contributed by atoms with van der Waals surface area (Å²) in [6.45, 7) is 10.3. The van der Waals surface area contributed by atoms with Crippen molar-refractivity contribution in [3.05, 3.63) is 25.3 Å². The molecule has 2 N–H and O–H groups in total. The zero-order valence-corrected chi connectivity index (χ0v) is 23.9. The Morgan fingerprint density at radius 3 is 1.41 bits per heavy atom. The number of carbonyl (C=O) groups is 2. The normalized spacial score (nSPS) is 14.8. The first kappa shape index (κ1) is 35.7. The second kappa shape index (κ2) is 20.6. The number of esters is 2. The number of ether oxygens (including phenoxy) is 2. The van der Waals surface area contributed by atoms with Crippen molar-refractivity contribution in [2.24, 2.45) is 0 Å². The van der Waals surface area contributed by atoms with Gasteiger partial charge >= 0.3 is 27.6 Å². The average Bonchev–Trinajstić information content (AvgIpc) is 2.81. The van der Waals surface area contributed by atoms with Crippen molar-refractivity contribution < 1.29 is 51.3 Å². The van der Waals surface area contributed by atoms with Gasteiger partial charge in [0.1, 0.15) is 0 Å². The standard InChI is InChI=1S/C24H44O11P2/c1-5-23(25)33-21(3)17-13-9-7-11-15-19-31-37(30,35-36(27,28)29)32-20-16-12-8-10-14-18-22(4)34-24(26)6-2/h5-6,21-22H,1-2,7-20H2,3-4H3,(H2,27,28,29). The van der Waals surface area contributed by atoms with E-state index in [4.69, 9.17) is 28.3 Å². The number of phosphoric acid groups is 2. The van der Waals surface area contributed by atoms with E-state index >= 15 is 0 Å². The SMILES string of the molecule is C=CC(=O)OC(C)CCCCCCCOP(=O)(OCCCCCCCC(C)OC(=O)C=C)OP(=O)(O)O. The summed E-state index contributed by atoms with van der Waals surface area (Å²) < 4.78 is 48.6. The molecule has 0 rings (SSSR count). The Morgan fingerprint density at radius 1 is 0.703 bits per heavy atom. The molecule has 0 saturated carbocycles. The second-order valence-corrected chi connectivity index (χ2v) is 11.7. The number of carbonyl (C=O) groups excluding carboxylic acids is 2. The van der Waals surface area contributed by atoms with E-state index in [2.05, 4.69) is 17.5 Å². The van der Waals surface area contributed by atoms with E-state index in [0.717, 1.165) is 76.4 Å². The van der Waals surface area contributed by atoms with Gasteiger partial charge in [-0.25, -0.2) is 18.7 Å². The molecule has 0 aromatic rings. The fourth-order valence-corrected chi connectivity index (χ4v) is 5.51. The average molecular weight is 571 g/mol. The third-order valence-corrected chi connectivity index (χ3v) is 7.83. The lowest BCUT2D eigenvalue weighted by Gasteiger charge is -2.18. The molecule has 11 nitrogen and oxygen atoms in total. The van der Waals surface area contributed by atoms with E-state index in [1.165, 1.54) is 0 Å². The van der Waals surface area contributed by atoms with Crippen LogP contribution in [0.15, 0.2) is 25.3 Å². The highest BCUT2D eigenvalue weighted by Gasteiger charge is 2.35. The van der Waals surface area contributed by atoms with Crippen molar-refractivity contribution in [3.8, 4) is 0 Å². The predicted molar refractivity (Wildman–Crippen MR) is 140 cm³/mol. The Kier molecular flexibility index (Phi) is 19.9. The molecule has 0 aromatic carbocycles. The molecule has 0 radical (unpaired) electrons. The number of phosphoric ester groups is 1. The lowest BCUT2D eigenvalue weighted by Crippen LogP contribution is -2.12. The molecule has 2 unspecified atom stereocenters. The first-order valence-electron chi connectivity index (χ1n) is 12.7. The molecule has 216 valence electrons. The zero-order valence-electron chi connectivity index (χ0n) is 22.1. The molecule has 0 aliphatic heterocycles. The highest BCUT2D eigenvalue weighted by molar-refractivity contribution is 7.61. The van der Waals surface area contributed by atoms with Crippen LogP contribution in [0.4, 0.5) is 0 Å². The first-order chi connectivity index (χ1) is 17.4.